The van der Waals surface area contributed by atoms with Gasteiger partial charge < -0.3 is 14.2 Å². The van der Waals surface area contributed by atoms with Gasteiger partial charge in [-0.25, -0.2) is 0 Å². The lowest BCUT2D eigenvalue weighted by atomic mass is 10.0. The van der Waals surface area contributed by atoms with Gasteiger partial charge in [0.25, 0.3) is 0 Å². The van der Waals surface area contributed by atoms with E-state index in [1.807, 2.05) is 0 Å². The fraction of sp³-hybridized carbons (Fsp3) is 0.657. The van der Waals surface area contributed by atoms with Crippen molar-refractivity contribution in [3.8, 4) is 0 Å². The van der Waals surface area contributed by atoms with Crippen LogP contribution in [-0.2, 0) is 28.6 Å². The molecule has 0 radical (unpaired) electrons. The topological polar surface area (TPSA) is 78.9 Å². The summed E-state index contributed by atoms with van der Waals surface area (Å²) in [5, 5.41) is 0. The number of esters is 3. The van der Waals surface area contributed by atoms with Gasteiger partial charge in [-0.05, 0) is 122 Å². The summed E-state index contributed by atoms with van der Waals surface area (Å²) in [5.41, 5.74) is 0. The highest BCUT2D eigenvalue weighted by atomic mass is 16.6. The monoisotopic (exact) mass is 1010 g/mol. The van der Waals surface area contributed by atoms with Gasteiger partial charge >= 0.3 is 17.9 Å². The highest BCUT2D eigenvalue weighted by Gasteiger charge is 2.19. The summed E-state index contributed by atoms with van der Waals surface area (Å²) in [4.78, 5) is 38.2. The minimum atomic E-state index is -0.799. The molecular formula is C67H110O6. The molecule has 0 spiro atoms. The summed E-state index contributed by atoms with van der Waals surface area (Å²) >= 11 is 0. The second-order valence-corrected chi connectivity index (χ2v) is 19.5. The molecule has 0 aromatic carbocycles. The Bertz CT molecular complexity index is 1540. The number of ether oxygens (including phenoxy) is 3. The lowest BCUT2D eigenvalue weighted by Gasteiger charge is -2.18. The summed E-state index contributed by atoms with van der Waals surface area (Å²) in [6, 6.07) is 0. The minimum absolute atomic E-state index is 0.0939. The molecule has 6 heteroatoms. The average Bonchev–Trinajstić information content (AvgIpc) is 3.39. The van der Waals surface area contributed by atoms with Crippen LogP contribution in [0.15, 0.2) is 122 Å². The lowest BCUT2D eigenvalue weighted by Crippen LogP contribution is -2.30. The molecular weight excluding hydrogens is 901 g/mol. The fourth-order valence-corrected chi connectivity index (χ4v) is 8.05. The zero-order valence-corrected chi connectivity index (χ0v) is 47.4. The van der Waals surface area contributed by atoms with Crippen molar-refractivity contribution >= 4 is 17.9 Å². The van der Waals surface area contributed by atoms with Crippen LogP contribution in [0.5, 0.6) is 0 Å². The molecule has 0 saturated carbocycles. The molecule has 1 unspecified atom stereocenters. The molecule has 0 bridgehead atoms. The van der Waals surface area contributed by atoms with Gasteiger partial charge in [-0.1, -0.05) is 245 Å². The van der Waals surface area contributed by atoms with Crippen LogP contribution in [0.25, 0.3) is 0 Å². The quantitative estimate of drug-likeness (QED) is 0.0261. The van der Waals surface area contributed by atoms with E-state index in [1.54, 1.807) is 0 Å². The lowest BCUT2D eigenvalue weighted by molar-refractivity contribution is -0.167. The van der Waals surface area contributed by atoms with E-state index in [1.165, 1.54) is 64.2 Å². The van der Waals surface area contributed by atoms with Crippen molar-refractivity contribution in [3.05, 3.63) is 122 Å². The number of carbonyl (C=O) groups is 3. The molecule has 0 aliphatic rings. The number of hydrogen-bond acceptors (Lipinski definition) is 6. The van der Waals surface area contributed by atoms with Gasteiger partial charge in [-0.3, -0.25) is 14.4 Å². The maximum absolute atomic E-state index is 12.9. The molecule has 0 aromatic rings. The van der Waals surface area contributed by atoms with Crippen LogP contribution in [0.2, 0.25) is 0 Å². The third-order valence-corrected chi connectivity index (χ3v) is 12.4. The Balaban J connectivity index is 4.35. The van der Waals surface area contributed by atoms with E-state index in [-0.39, 0.29) is 31.1 Å². The third kappa shape index (κ3) is 58.6. The molecule has 0 amide bonds. The number of hydrogen-bond donors (Lipinski definition) is 0. The summed E-state index contributed by atoms with van der Waals surface area (Å²) in [6.07, 6.45) is 83.4. The minimum Gasteiger partial charge on any atom is -0.462 e. The van der Waals surface area contributed by atoms with Crippen molar-refractivity contribution < 1.29 is 28.6 Å². The Morgan fingerprint density at radius 1 is 0.274 bits per heavy atom. The van der Waals surface area contributed by atoms with Gasteiger partial charge in [0.1, 0.15) is 13.2 Å². The third-order valence-electron chi connectivity index (χ3n) is 12.4. The van der Waals surface area contributed by atoms with Gasteiger partial charge in [-0.2, -0.15) is 0 Å². The number of allylic oxidation sites excluding steroid dienone is 20. The smallest absolute Gasteiger partial charge is 0.306 e. The molecule has 6 nitrogen and oxygen atoms in total. The number of rotatable bonds is 53. The molecule has 414 valence electrons. The van der Waals surface area contributed by atoms with Gasteiger partial charge in [0.2, 0.25) is 0 Å². The second-order valence-electron chi connectivity index (χ2n) is 19.5. The molecule has 0 fully saturated rings. The summed E-state index contributed by atoms with van der Waals surface area (Å²) in [6.45, 7) is 6.28. The van der Waals surface area contributed by atoms with Gasteiger partial charge in [-0.15, -0.1) is 0 Å². The van der Waals surface area contributed by atoms with Gasteiger partial charge in [0, 0.05) is 19.3 Å². The van der Waals surface area contributed by atoms with E-state index in [0.717, 1.165) is 161 Å². The van der Waals surface area contributed by atoms with Gasteiger partial charge in [0.05, 0.1) is 0 Å². The highest BCUT2D eigenvalue weighted by molar-refractivity contribution is 5.71. The van der Waals surface area contributed by atoms with Crippen molar-refractivity contribution in [2.24, 2.45) is 0 Å². The molecule has 1 atom stereocenters. The van der Waals surface area contributed by atoms with Crippen LogP contribution in [0.1, 0.15) is 265 Å². The molecule has 0 rings (SSSR count). The predicted octanol–water partition coefficient (Wildman–Crippen LogP) is 20.4. The maximum atomic E-state index is 12.9. The zero-order chi connectivity index (χ0) is 52.9. The van der Waals surface area contributed by atoms with E-state index < -0.39 is 6.10 Å². The standard InChI is InChI=1S/C67H110O6/c1-4-7-10-13-16-19-22-25-28-29-30-31-32-33-34-35-36-37-40-42-45-48-51-54-57-60-66(69)72-63-64(73-67(70)61-58-55-52-49-46-43-39-27-24-21-18-15-12-9-6-3)62-71-65(68)59-56-53-50-47-44-41-38-26-23-20-17-14-11-8-5-2/h7-12,16-21,25-28,30-31,38-39,64H,4-6,13-15,22-24,29,32-37,40-63H2,1-3H3/b10-7-,11-8-,12-9-,19-16-,20-17-,21-18-,28-25-,31-30-,38-26-,39-27-. The van der Waals surface area contributed by atoms with Crippen LogP contribution in [-0.4, -0.2) is 37.2 Å². The van der Waals surface area contributed by atoms with E-state index >= 15 is 0 Å². The van der Waals surface area contributed by atoms with E-state index in [0.29, 0.717) is 19.3 Å². The van der Waals surface area contributed by atoms with Crippen LogP contribution in [0.3, 0.4) is 0 Å². The SMILES string of the molecule is CC/C=C\C/C=C\C/C=C\C/C=C\CCCCCCCCCCCCCCC(=O)OCC(COC(=O)CCCCCCC/C=C\C/C=C\C/C=C\CC)OC(=O)CCCCCCC/C=C\C/C=C\C/C=C\CC. The van der Waals surface area contributed by atoms with Crippen molar-refractivity contribution in [2.45, 2.75) is 271 Å². The van der Waals surface area contributed by atoms with Gasteiger partial charge in [0.15, 0.2) is 6.10 Å². The maximum Gasteiger partial charge on any atom is 0.306 e. The molecule has 73 heavy (non-hydrogen) atoms. The first-order valence-electron chi connectivity index (χ1n) is 30.0. The van der Waals surface area contributed by atoms with Crippen molar-refractivity contribution in [3.63, 3.8) is 0 Å². The molecule has 0 aromatic heterocycles. The van der Waals surface area contributed by atoms with Crippen LogP contribution in [0, 0.1) is 0 Å². The molecule has 0 saturated heterocycles. The van der Waals surface area contributed by atoms with Crippen LogP contribution >= 0.6 is 0 Å². The van der Waals surface area contributed by atoms with E-state index in [2.05, 4.69) is 142 Å². The van der Waals surface area contributed by atoms with Crippen molar-refractivity contribution in [1.29, 1.82) is 0 Å². The van der Waals surface area contributed by atoms with Crippen molar-refractivity contribution in [1.82, 2.24) is 0 Å². The van der Waals surface area contributed by atoms with Crippen LogP contribution < -0.4 is 0 Å². The first-order valence-corrected chi connectivity index (χ1v) is 30.0. The first-order chi connectivity index (χ1) is 36.0. The Morgan fingerprint density at radius 3 is 0.767 bits per heavy atom. The Hall–Kier alpha value is -4.19. The van der Waals surface area contributed by atoms with E-state index in [4.69, 9.17) is 14.2 Å². The van der Waals surface area contributed by atoms with Crippen LogP contribution in [0.4, 0.5) is 0 Å². The Morgan fingerprint density at radius 2 is 0.493 bits per heavy atom. The van der Waals surface area contributed by atoms with Crippen molar-refractivity contribution in [2.75, 3.05) is 13.2 Å². The summed E-state index contributed by atoms with van der Waals surface area (Å²) in [5.74, 6) is -0.929. The largest absolute Gasteiger partial charge is 0.462 e. The Labute approximate surface area is 450 Å². The normalized spacial score (nSPS) is 13.0. The molecule has 0 heterocycles. The molecule has 0 N–H and O–H groups in total. The predicted molar refractivity (Wildman–Crippen MR) is 316 cm³/mol. The zero-order valence-electron chi connectivity index (χ0n) is 47.4. The number of carbonyl (C=O) groups excluding carboxylic acids is 3. The number of unbranched alkanes of at least 4 members (excludes halogenated alkanes) is 22. The fourth-order valence-electron chi connectivity index (χ4n) is 8.05. The Kier molecular flexibility index (Phi) is 56.9. The van der Waals surface area contributed by atoms with E-state index in [9.17, 15) is 14.4 Å². The average molecular weight is 1010 g/mol. The molecule has 0 aliphatic carbocycles. The summed E-state index contributed by atoms with van der Waals surface area (Å²) in [7, 11) is 0. The first kappa shape index (κ1) is 68.8. The highest BCUT2D eigenvalue weighted by Crippen LogP contribution is 2.15. The summed E-state index contributed by atoms with van der Waals surface area (Å²) < 4.78 is 16.9. The molecule has 0 aliphatic heterocycles. The second kappa shape index (κ2) is 60.4.